The average Bonchev–Trinajstić information content (AvgIpc) is 3.37. The predicted octanol–water partition coefficient (Wildman–Crippen LogP) is 3.69. The van der Waals surface area contributed by atoms with Crippen LogP contribution in [0.25, 0.3) is 5.00 Å². The minimum atomic E-state index is -0.396. The molecule has 2 unspecified atom stereocenters. The Morgan fingerprint density at radius 2 is 1.88 bits per heavy atom. The lowest BCUT2D eigenvalue weighted by atomic mass is 9.95. The standard InChI is InChI=1S/C19H19NO5S/c1-2-24-19(23)13-9-5-3-4-6-12(9)26-18(13)20-16(21)14-10-7-8-11(25-10)15(14)17(20)22/h7-8,10-11,21-22H,2-6H2,1H3. The van der Waals surface area contributed by atoms with Crippen molar-refractivity contribution >= 4 is 17.3 Å². The number of nitrogens with zero attached hydrogens (tertiary/aromatic N) is 1. The van der Waals surface area contributed by atoms with Gasteiger partial charge in [0.25, 0.3) is 0 Å². The third-order valence-electron chi connectivity index (χ3n) is 5.35. The molecule has 2 aromatic heterocycles. The Morgan fingerprint density at radius 1 is 1.23 bits per heavy atom. The van der Waals surface area contributed by atoms with Crippen LogP contribution in [0.15, 0.2) is 12.2 Å². The SMILES string of the molecule is CCOC(=O)c1c(-n2c(O)c3c(c2O)C2C=CC3O2)sc2c1CCCC2. The third kappa shape index (κ3) is 1.98. The molecule has 0 fully saturated rings. The first-order valence-electron chi connectivity index (χ1n) is 8.94. The van der Waals surface area contributed by atoms with Gasteiger partial charge in [-0.3, -0.25) is 0 Å². The Bertz CT molecular complexity index is 919. The summed E-state index contributed by atoms with van der Waals surface area (Å²) >= 11 is 1.46. The first-order chi connectivity index (χ1) is 12.6. The zero-order valence-corrected chi connectivity index (χ0v) is 15.1. The van der Waals surface area contributed by atoms with Gasteiger partial charge in [0.2, 0.25) is 11.8 Å². The van der Waals surface area contributed by atoms with Gasteiger partial charge in [0, 0.05) is 4.88 Å². The molecule has 2 N–H and O–H groups in total. The maximum absolute atomic E-state index is 12.7. The summed E-state index contributed by atoms with van der Waals surface area (Å²) < 4.78 is 12.4. The Balaban J connectivity index is 1.73. The van der Waals surface area contributed by atoms with Gasteiger partial charge >= 0.3 is 5.97 Å². The largest absolute Gasteiger partial charge is 0.494 e. The van der Waals surface area contributed by atoms with E-state index in [2.05, 4.69) is 0 Å². The number of ether oxygens (including phenoxy) is 2. The van der Waals surface area contributed by atoms with Crippen molar-refractivity contribution in [2.75, 3.05) is 6.61 Å². The lowest BCUT2D eigenvalue weighted by molar-refractivity contribution is 0.0525. The Labute approximate surface area is 154 Å². The van der Waals surface area contributed by atoms with Crippen LogP contribution in [0, 0.1) is 0 Å². The summed E-state index contributed by atoms with van der Waals surface area (Å²) in [5.74, 6) is -0.510. The molecule has 0 saturated heterocycles. The molecule has 5 rings (SSSR count). The van der Waals surface area contributed by atoms with Gasteiger partial charge in [0.05, 0.1) is 23.3 Å². The second-order valence-electron chi connectivity index (χ2n) is 6.78. The minimum absolute atomic E-state index is 0.0569. The highest BCUT2D eigenvalue weighted by Crippen LogP contribution is 2.56. The second kappa shape index (κ2) is 5.62. The van der Waals surface area contributed by atoms with Crippen molar-refractivity contribution in [3.8, 4) is 16.8 Å². The molecule has 0 saturated carbocycles. The second-order valence-corrected chi connectivity index (χ2v) is 7.87. The number of aromatic hydroxyl groups is 2. The molecule has 0 aromatic carbocycles. The highest BCUT2D eigenvalue weighted by molar-refractivity contribution is 7.15. The molecule has 4 heterocycles. The van der Waals surface area contributed by atoms with Crippen LogP contribution in [-0.4, -0.2) is 27.4 Å². The maximum atomic E-state index is 12.7. The van der Waals surface area contributed by atoms with Gasteiger partial charge in [-0.2, -0.15) is 0 Å². The summed E-state index contributed by atoms with van der Waals surface area (Å²) in [6.07, 6.45) is 6.90. The van der Waals surface area contributed by atoms with Crippen molar-refractivity contribution in [1.29, 1.82) is 0 Å². The van der Waals surface area contributed by atoms with Gasteiger partial charge in [-0.1, -0.05) is 12.2 Å². The van der Waals surface area contributed by atoms with Crippen molar-refractivity contribution in [2.45, 2.75) is 44.8 Å². The smallest absolute Gasteiger partial charge is 0.341 e. The number of carbonyl (C=O) groups is 1. The van der Waals surface area contributed by atoms with E-state index < -0.39 is 5.97 Å². The number of carbonyl (C=O) groups excluding carboxylic acids is 1. The molecule has 1 aliphatic carbocycles. The lowest BCUT2D eigenvalue weighted by Crippen LogP contribution is -2.11. The molecule has 7 heteroatoms. The van der Waals surface area contributed by atoms with Gasteiger partial charge in [0.15, 0.2) is 0 Å². The molecule has 2 bridgehead atoms. The fourth-order valence-corrected chi connectivity index (χ4v) is 5.62. The van der Waals surface area contributed by atoms with Crippen LogP contribution in [-0.2, 0) is 22.3 Å². The topological polar surface area (TPSA) is 80.9 Å². The summed E-state index contributed by atoms with van der Waals surface area (Å²) in [7, 11) is 0. The van der Waals surface area contributed by atoms with E-state index in [-0.39, 0.29) is 30.6 Å². The molecular formula is C19H19NO5S. The summed E-state index contributed by atoms with van der Waals surface area (Å²) in [5, 5.41) is 22.2. The molecule has 0 spiro atoms. The summed E-state index contributed by atoms with van der Waals surface area (Å²) in [4.78, 5) is 13.8. The zero-order valence-electron chi connectivity index (χ0n) is 14.3. The molecule has 2 aliphatic heterocycles. The number of rotatable bonds is 3. The lowest BCUT2D eigenvalue weighted by Gasteiger charge is -2.13. The summed E-state index contributed by atoms with van der Waals surface area (Å²) in [6.45, 7) is 2.06. The number of thiophene rings is 1. The van der Waals surface area contributed by atoms with Crippen molar-refractivity contribution in [2.24, 2.45) is 0 Å². The van der Waals surface area contributed by atoms with Crippen LogP contribution in [0.4, 0.5) is 0 Å². The normalized spacial score (nSPS) is 22.5. The van der Waals surface area contributed by atoms with Crippen LogP contribution in [0.2, 0.25) is 0 Å². The van der Waals surface area contributed by atoms with Crippen LogP contribution in [0.5, 0.6) is 11.8 Å². The molecule has 26 heavy (non-hydrogen) atoms. The summed E-state index contributed by atoms with van der Waals surface area (Å²) in [5.41, 5.74) is 2.67. The van der Waals surface area contributed by atoms with Gasteiger partial charge in [-0.25, -0.2) is 9.36 Å². The van der Waals surface area contributed by atoms with Crippen molar-refractivity contribution in [3.05, 3.63) is 39.3 Å². The molecule has 2 aromatic rings. The van der Waals surface area contributed by atoms with E-state index in [9.17, 15) is 15.0 Å². The van der Waals surface area contributed by atoms with E-state index in [1.807, 2.05) is 12.2 Å². The highest BCUT2D eigenvalue weighted by Gasteiger charge is 2.43. The van der Waals surface area contributed by atoms with E-state index in [1.54, 1.807) is 6.92 Å². The Kier molecular flexibility index (Phi) is 3.45. The van der Waals surface area contributed by atoms with E-state index in [0.29, 0.717) is 21.7 Å². The molecule has 0 amide bonds. The fourth-order valence-electron chi connectivity index (χ4n) is 4.24. The molecular weight excluding hydrogens is 354 g/mol. The molecule has 0 radical (unpaired) electrons. The van der Waals surface area contributed by atoms with Crippen molar-refractivity contribution < 1.29 is 24.5 Å². The van der Waals surface area contributed by atoms with Gasteiger partial charge in [-0.15, -0.1) is 11.3 Å². The van der Waals surface area contributed by atoms with E-state index in [4.69, 9.17) is 9.47 Å². The highest BCUT2D eigenvalue weighted by atomic mass is 32.1. The number of hydrogen-bond donors (Lipinski definition) is 2. The number of hydrogen-bond acceptors (Lipinski definition) is 6. The number of aromatic nitrogens is 1. The molecule has 2 atom stereocenters. The van der Waals surface area contributed by atoms with Crippen LogP contribution in [0.1, 0.15) is 63.9 Å². The number of fused-ring (bicyclic) bond motifs is 6. The van der Waals surface area contributed by atoms with Crippen molar-refractivity contribution in [1.82, 2.24) is 4.57 Å². The predicted molar refractivity (Wildman–Crippen MR) is 95.3 cm³/mol. The summed E-state index contributed by atoms with van der Waals surface area (Å²) in [6, 6.07) is 0. The zero-order chi connectivity index (χ0) is 18.0. The number of esters is 1. The van der Waals surface area contributed by atoms with Crippen LogP contribution in [0.3, 0.4) is 0 Å². The monoisotopic (exact) mass is 373 g/mol. The minimum Gasteiger partial charge on any atom is -0.494 e. The quantitative estimate of drug-likeness (QED) is 0.634. The average molecular weight is 373 g/mol. The first kappa shape index (κ1) is 16.0. The molecule has 136 valence electrons. The fraction of sp³-hybridized carbons (Fsp3) is 0.421. The van der Waals surface area contributed by atoms with Crippen LogP contribution >= 0.6 is 11.3 Å². The number of aryl methyl sites for hydroxylation is 1. The molecule has 6 nitrogen and oxygen atoms in total. The van der Waals surface area contributed by atoms with Crippen LogP contribution < -0.4 is 0 Å². The Morgan fingerprint density at radius 3 is 2.54 bits per heavy atom. The third-order valence-corrected chi connectivity index (χ3v) is 6.63. The maximum Gasteiger partial charge on any atom is 0.341 e. The van der Waals surface area contributed by atoms with Gasteiger partial charge in [-0.05, 0) is 38.2 Å². The van der Waals surface area contributed by atoms with E-state index >= 15 is 0 Å². The van der Waals surface area contributed by atoms with Gasteiger partial charge in [0.1, 0.15) is 17.2 Å². The molecule has 3 aliphatic rings. The first-order valence-corrected chi connectivity index (χ1v) is 9.75. The van der Waals surface area contributed by atoms with E-state index in [1.165, 1.54) is 15.9 Å². The van der Waals surface area contributed by atoms with Gasteiger partial charge < -0.3 is 19.7 Å². The van der Waals surface area contributed by atoms with Crippen molar-refractivity contribution in [3.63, 3.8) is 0 Å². The van der Waals surface area contributed by atoms with E-state index in [0.717, 1.165) is 36.1 Å². The Hall–Kier alpha value is -2.25.